The Morgan fingerprint density at radius 3 is 2.59 bits per heavy atom. The number of rotatable bonds is 2. The number of amides is 2. The van der Waals surface area contributed by atoms with Crippen molar-refractivity contribution in [2.24, 2.45) is 5.10 Å². The van der Waals surface area contributed by atoms with Gasteiger partial charge in [-0.2, -0.15) is 10.1 Å². The zero-order valence-corrected chi connectivity index (χ0v) is 10.2. The molecule has 1 unspecified atom stereocenters. The summed E-state index contributed by atoms with van der Waals surface area (Å²) in [7, 11) is 2.51. The largest absolute Gasteiger partial charge is 0.452 e. The van der Waals surface area contributed by atoms with Gasteiger partial charge >= 0.3 is 12.2 Å². The van der Waals surface area contributed by atoms with E-state index in [-0.39, 0.29) is 0 Å². The second-order valence-corrected chi connectivity index (χ2v) is 3.81. The van der Waals surface area contributed by atoms with E-state index in [1.807, 2.05) is 0 Å². The topological polar surface area (TPSA) is 92.3 Å². The Kier molecular flexibility index (Phi) is 3.89. The Hall–Kier alpha value is -1.83. The molecule has 1 atom stereocenters. The summed E-state index contributed by atoms with van der Waals surface area (Å²) in [6.45, 7) is 3.49. The van der Waals surface area contributed by atoms with Crippen LogP contribution in [-0.4, -0.2) is 42.8 Å². The quantitative estimate of drug-likeness (QED) is 0.686. The van der Waals surface area contributed by atoms with E-state index in [1.54, 1.807) is 13.8 Å². The minimum absolute atomic E-state index is 0.464. The SMILES string of the molecule is COC(=O)NNC1(C)CC(C)=NN1C(=O)OC. The Labute approximate surface area is 98.9 Å². The van der Waals surface area contributed by atoms with Gasteiger partial charge in [0.1, 0.15) is 5.66 Å². The molecule has 0 saturated carbocycles. The molecule has 0 spiro atoms. The van der Waals surface area contributed by atoms with E-state index in [9.17, 15) is 9.59 Å². The van der Waals surface area contributed by atoms with E-state index in [2.05, 4.69) is 25.4 Å². The first kappa shape index (κ1) is 13.2. The van der Waals surface area contributed by atoms with Gasteiger partial charge in [-0.3, -0.25) is 5.43 Å². The number of hydrogen-bond donors (Lipinski definition) is 2. The molecule has 8 nitrogen and oxygen atoms in total. The zero-order valence-electron chi connectivity index (χ0n) is 10.2. The van der Waals surface area contributed by atoms with Gasteiger partial charge in [0.2, 0.25) is 0 Å². The molecule has 2 amide bonds. The Morgan fingerprint density at radius 1 is 1.41 bits per heavy atom. The van der Waals surface area contributed by atoms with Crippen molar-refractivity contribution in [3.63, 3.8) is 0 Å². The number of hydrazone groups is 1. The predicted molar refractivity (Wildman–Crippen MR) is 59.1 cm³/mol. The molecule has 0 fully saturated rings. The highest BCUT2D eigenvalue weighted by Crippen LogP contribution is 2.24. The predicted octanol–water partition coefficient (Wildman–Crippen LogP) is 0.411. The lowest BCUT2D eigenvalue weighted by atomic mass is 10.1. The third kappa shape index (κ3) is 2.84. The Balaban J connectivity index is 2.73. The van der Waals surface area contributed by atoms with Gasteiger partial charge in [0.05, 0.1) is 14.2 Å². The summed E-state index contributed by atoms with van der Waals surface area (Å²) in [6.07, 6.45) is -0.796. The monoisotopic (exact) mass is 244 g/mol. The summed E-state index contributed by atoms with van der Waals surface area (Å²) in [5.74, 6) is 0. The highest BCUT2D eigenvalue weighted by molar-refractivity contribution is 5.87. The molecule has 0 radical (unpaired) electrons. The van der Waals surface area contributed by atoms with Crippen molar-refractivity contribution < 1.29 is 19.1 Å². The molecule has 0 aromatic carbocycles. The van der Waals surface area contributed by atoms with Crippen molar-refractivity contribution in [3.8, 4) is 0 Å². The molecule has 17 heavy (non-hydrogen) atoms. The highest BCUT2D eigenvalue weighted by Gasteiger charge is 2.42. The van der Waals surface area contributed by atoms with E-state index in [0.717, 1.165) is 10.7 Å². The van der Waals surface area contributed by atoms with E-state index >= 15 is 0 Å². The normalized spacial score (nSPS) is 23.1. The van der Waals surface area contributed by atoms with Crippen LogP contribution in [0.3, 0.4) is 0 Å². The summed E-state index contributed by atoms with van der Waals surface area (Å²) in [5.41, 5.74) is 4.88. The highest BCUT2D eigenvalue weighted by atomic mass is 16.6. The zero-order chi connectivity index (χ0) is 13.1. The van der Waals surface area contributed by atoms with Gasteiger partial charge < -0.3 is 9.47 Å². The maximum absolute atomic E-state index is 11.5. The molecule has 1 aliphatic heterocycles. The smallest absolute Gasteiger partial charge is 0.431 e. The fraction of sp³-hybridized carbons (Fsp3) is 0.667. The first-order valence-corrected chi connectivity index (χ1v) is 4.96. The lowest BCUT2D eigenvalue weighted by Crippen LogP contribution is -2.60. The molecule has 0 aliphatic carbocycles. The number of carbonyl (C=O) groups is 2. The van der Waals surface area contributed by atoms with Gasteiger partial charge in [-0.15, -0.1) is 0 Å². The third-order valence-corrected chi connectivity index (χ3v) is 2.31. The molecule has 2 N–H and O–H groups in total. The van der Waals surface area contributed by atoms with Crippen LogP contribution in [0.15, 0.2) is 5.10 Å². The van der Waals surface area contributed by atoms with Crippen LogP contribution in [0.5, 0.6) is 0 Å². The fourth-order valence-corrected chi connectivity index (χ4v) is 1.55. The molecule has 0 aromatic rings. The Bertz CT molecular complexity index is 357. The first-order chi connectivity index (χ1) is 7.92. The van der Waals surface area contributed by atoms with Crippen molar-refractivity contribution in [2.75, 3.05) is 14.2 Å². The summed E-state index contributed by atoms with van der Waals surface area (Å²) in [4.78, 5) is 22.5. The van der Waals surface area contributed by atoms with Crippen LogP contribution in [0, 0.1) is 0 Å². The first-order valence-electron chi connectivity index (χ1n) is 4.96. The third-order valence-electron chi connectivity index (χ3n) is 2.31. The molecule has 1 heterocycles. The lowest BCUT2D eigenvalue weighted by molar-refractivity contribution is 0.0572. The van der Waals surface area contributed by atoms with Crippen LogP contribution >= 0.6 is 0 Å². The van der Waals surface area contributed by atoms with Gasteiger partial charge in [-0.1, -0.05) is 0 Å². The van der Waals surface area contributed by atoms with Crippen LogP contribution in [0.4, 0.5) is 9.59 Å². The molecule has 1 aliphatic rings. The van der Waals surface area contributed by atoms with Gasteiger partial charge in [0.15, 0.2) is 0 Å². The van der Waals surface area contributed by atoms with E-state index in [1.165, 1.54) is 14.2 Å². The molecular weight excluding hydrogens is 228 g/mol. The summed E-state index contributed by atoms with van der Waals surface area (Å²) in [5, 5.41) is 5.17. The minimum atomic E-state index is -0.870. The van der Waals surface area contributed by atoms with E-state index in [0.29, 0.717) is 6.42 Å². The van der Waals surface area contributed by atoms with Crippen molar-refractivity contribution >= 4 is 17.9 Å². The van der Waals surface area contributed by atoms with E-state index < -0.39 is 17.8 Å². The van der Waals surface area contributed by atoms with Gasteiger partial charge in [0, 0.05) is 12.1 Å². The lowest BCUT2D eigenvalue weighted by Gasteiger charge is -2.32. The average Bonchev–Trinajstić information content (AvgIpc) is 2.61. The number of ether oxygens (including phenoxy) is 2. The van der Waals surface area contributed by atoms with Crippen LogP contribution in [0.2, 0.25) is 0 Å². The molecule has 0 aromatic heterocycles. The minimum Gasteiger partial charge on any atom is -0.452 e. The van der Waals surface area contributed by atoms with Crippen molar-refractivity contribution in [1.82, 2.24) is 15.9 Å². The number of methoxy groups -OCH3 is 2. The summed E-state index contributed by atoms with van der Waals surface area (Å²) < 4.78 is 9.03. The molecular formula is C9H16N4O4. The maximum atomic E-state index is 11.5. The van der Waals surface area contributed by atoms with Crippen LogP contribution < -0.4 is 10.9 Å². The van der Waals surface area contributed by atoms with Crippen molar-refractivity contribution in [3.05, 3.63) is 0 Å². The van der Waals surface area contributed by atoms with Crippen molar-refractivity contribution in [2.45, 2.75) is 25.9 Å². The number of hydrazine groups is 1. The number of nitrogens with one attached hydrogen (secondary N) is 2. The second-order valence-electron chi connectivity index (χ2n) is 3.81. The Morgan fingerprint density at radius 2 is 2.06 bits per heavy atom. The van der Waals surface area contributed by atoms with Gasteiger partial charge in [-0.25, -0.2) is 15.0 Å². The van der Waals surface area contributed by atoms with E-state index in [4.69, 9.17) is 0 Å². The fourth-order valence-electron chi connectivity index (χ4n) is 1.55. The number of nitrogens with zero attached hydrogens (tertiary/aromatic N) is 2. The number of hydrogen-bond acceptors (Lipinski definition) is 6. The van der Waals surface area contributed by atoms with Gasteiger partial charge in [0.25, 0.3) is 0 Å². The van der Waals surface area contributed by atoms with Crippen LogP contribution in [0.1, 0.15) is 20.3 Å². The summed E-state index contributed by atoms with van der Waals surface area (Å²) >= 11 is 0. The molecule has 8 heteroatoms. The summed E-state index contributed by atoms with van der Waals surface area (Å²) in [6, 6.07) is 0. The van der Waals surface area contributed by atoms with Crippen LogP contribution in [0.25, 0.3) is 0 Å². The van der Waals surface area contributed by atoms with Gasteiger partial charge in [-0.05, 0) is 13.8 Å². The number of carbonyl (C=O) groups excluding carboxylic acids is 2. The van der Waals surface area contributed by atoms with Crippen LogP contribution in [-0.2, 0) is 9.47 Å². The molecule has 96 valence electrons. The molecule has 0 bridgehead atoms. The second kappa shape index (κ2) is 5.00. The standard InChI is InChI=1S/C9H16N4O4/c1-6-5-9(2,12-10-7(14)16-3)13(11-6)8(15)17-4/h12H,5H2,1-4H3,(H,10,14). The maximum Gasteiger partial charge on any atom is 0.431 e. The molecule has 1 rings (SSSR count). The van der Waals surface area contributed by atoms with Crippen molar-refractivity contribution in [1.29, 1.82) is 0 Å². The molecule has 0 saturated heterocycles. The average molecular weight is 244 g/mol.